The summed E-state index contributed by atoms with van der Waals surface area (Å²) in [6.07, 6.45) is -2.72. The first-order chi connectivity index (χ1) is 10.4. The number of benzene rings is 1. The van der Waals surface area contributed by atoms with E-state index in [4.69, 9.17) is 11.6 Å². The Hall–Kier alpha value is -1.89. The van der Waals surface area contributed by atoms with Gasteiger partial charge in [-0.15, -0.1) is 0 Å². The van der Waals surface area contributed by atoms with Gasteiger partial charge in [0, 0.05) is 12.7 Å². The van der Waals surface area contributed by atoms with Gasteiger partial charge in [-0.25, -0.2) is 14.4 Å². The fourth-order valence-electron chi connectivity index (χ4n) is 2.54. The van der Waals surface area contributed by atoms with Gasteiger partial charge >= 0.3 is 6.18 Å². The molecule has 116 valence electrons. The molecule has 1 aliphatic rings. The van der Waals surface area contributed by atoms with Crippen molar-refractivity contribution in [3.05, 3.63) is 52.3 Å². The van der Waals surface area contributed by atoms with Crippen molar-refractivity contribution >= 4 is 17.3 Å². The van der Waals surface area contributed by atoms with Crippen LogP contribution >= 0.6 is 11.6 Å². The van der Waals surface area contributed by atoms with Gasteiger partial charge in [0.2, 0.25) is 5.28 Å². The zero-order chi connectivity index (χ0) is 15.9. The summed E-state index contributed by atoms with van der Waals surface area (Å²) in [5, 5.41) is 0.0379. The first-order valence-corrected chi connectivity index (χ1v) is 6.85. The molecule has 8 heteroatoms. The maximum atomic E-state index is 13.7. The van der Waals surface area contributed by atoms with Crippen LogP contribution in [0, 0.1) is 5.82 Å². The quantitative estimate of drug-likeness (QED) is 0.587. The fourth-order valence-corrected chi connectivity index (χ4v) is 2.69. The molecule has 1 aliphatic heterocycles. The number of anilines is 1. The predicted molar refractivity (Wildman–Crippen MR) is 73.2 cm³/mol. The molecule has 0 saturated carbocycles. The topological polar surface area (TPSA) is 29.0 Å². The van der Waals surface area contributed by atoms with Gasteiger partial charge in [0.05, 0.1) is 17.9 Å². The number of hydrogen-bond donors (Lipinski definition) is 0. The van der Waals surface area contributed by atoms with Gasteiger partial charge in [0.1, 0.15) is 11.4 Å². The zero-order valence-corrected chi connectivity index (χ0v) is 11.9. The molecular weight excluding hydrogens is 322 g/mol. The van der Waals surface area contributed by atoms with Crippen molar-refractivity contribution in [2.45, 2.75) is 19.1 Å². The van der Waals surface area contributed by atoms with Crippen molar-refractivity contribution in [3.63, 3.8) is 0 Å². The Morgan fingerprint density at radius 3 is 2.73 bits per heavy atom. The maximum Gasteiger partial charge on any atom is 0.421 e. The highest BCUT2D eigenvalue weighted by Gasteiger charge is 2.38. The Labute approximate surface area is 128 Å². The number of halogens is 5. The molecule has 22 heavy (non-hydrogen) atoms. The number of aromatic nitrogens is 2. The van der Waals surface area contributed by atoms with Crippen LogP contribution in [0.15, 0.2) is 24.4 Å². The minimum atomic E-state index is -4.76. The third-order valence-electron chi connectivity index (χ3n) is 3.53. The van der Waals surface area contributed by atoms with E-state index in [-0.39, 0.29) is 17.5 Å². The van der Waals surface area contributed by atoms with Crippen LogP contribution in [0.2, 0.25) is 5.28 Å². The number of rotatable bonds is 1. The van der Waals surface area contributed by atoms with Crippen molar-refractivity contribution in [3.8, 4) is 0 Å². The lowest BCUT2D eigenvalue weighted by atomic mass is 10.0. The van der Waals surface area contributed by atoms with Crippen LogP contribution < -0.4 is 4.90 Å². The Kier molecular flexibility index (Phi) is 3.68. The molecular formula is C14H10ClF4N3. The molecule has 2 aromatic rings. The number of hydrogen-bond acceptors (Lipinski definition) is 3. The molecule has 0 spiro atoms. The molecule has 0 fully saturated rings. The number of nitrogens with zero attached hydrogens (tertiary/aromatic N) is 3. The van der Waals surface area contributed by atoms with E-state index in [1.54, 1.807) is 6.20 Å². The van der Waals surface area contributed by atoms with Crippen LogP contribution in [-0.2, 0) is 19.1 Å². The monoisotopic (exact) mass is 331 g/mol. The van der Waals surface area contributed by atoms with Crippen LogP contribution in [0.5, 0.6) is 0 Å². The van der Waals surface area contributed by atoms with E-state index in [0.717, 1.165) is 11.6 Å². The lowest BCUT2D eigenvalue weighted by Crippen LogP contribution is -2.33. The molecule has 0 amide bonds. The van der Waals surface area contributed by atoms with Crippen LogP contribution in [0.25, 0.3) is 0 Å². The highest BCUT2D eigenvalue weighted by molar-refractivity contribution is 6.28. The molecule has 0 unspecified atom stereocenters. The second-order valence-electron chi connectivity index (χ2n) is 4.91. The average molecular weight is 332 g/mol. The van der Waals surface area contributed by atoms with E-state index in [1.165, 1.54) is 17.0 Å². The normalized spacial score (nSPS) is 14.9. The van der Waals surface area contributed by atoms with Crippen molar-refractivity contribution in [1.29, 1.82) is 0 Å². The summed E-state index contributed by atoms with van der Waals surface area (Å²) in [6.45, 7) is 0.453. The molecule has 1 aromatic heterocycles. The number of alkyl halides is 3. The van der Waals surface area contributed by atoms with E-state index in [2.05, 4.69) is 9.97 Å². The minimum Gasteiger partial charge on any atom is -0.365 e. The summed E-state index contributed by atoms with van der Waals surface area (Å²) in [5.74, 6) is -1.28. The van der Waals surface area contributed by atoms with Crippen molar-refractivity contribution in [2.75, 3.05) is 11.4 Å². The maximum absolute atomic E-state index is 13.7. The summed E-state index contributed by atoms with van der Waals surface area (Å²) >= 11 is 5.72. The first kappa shape index (κ1) is 15.0. The lowest BCUT2D eigenvalue weighted by Gasteiger charge is -2.31. The summed E-state index contributed by atoms with van der Waals surface area (Å²) in [4.78, 5) is 9.35. The molecule has 2 heterocycles. The van der Waals surface area contributed by atoms with Crippen molar-refractivity contribution < 1.29 is 17.6 Å². The van der Waals surface area contributed by atoms with Gasteiger partial charge in [0.25, 0.3) is 0 Å². The summed E-state index contributed by atoms with van der Waals surface area (Å²) in [7, 11) is 0. The van der Waals surface area contributed by atoms with E-state index in [9.17, 15) is 17.6 Å². The summed E-state index contributed by atoms with van der Waals surface area (Å²) in [5.41, 5.74) is -0.0410. The van der Waals surface area contributed by atoms with E-state index in [0.29, 0.717) is 18.7 Å². The van der Waals surface area contributed by atoms with Gasteiger partial charge in [-0.1, -0.05) is 6.07 Å². The standard InChI is InChI=1S/C14H10ClF4N3/c15-13-20-6-8-4-5-22(7-10(8)21-13)11-3-1-2-9(16)12(11)14(17,18)19/h1-3,6H,4-5,7H2. The smallest absolute Gasteiger partial charge is 0.365 e. The zero-order valence-electron chi connectivity index (χ0n) is 11.2. The third kappa shape index (κ3) is 2.72. The largest absolute Gasteiger partial charge is 0.421 e. The summed E-state index contributed by atoms with van der Waals surface area (Å²) < 4.78 is 53.0. The van der Waals surface area contributed by atoms with E-state index in [1.807, 2.05) is 0 Å². The Morgan fingerprint density at radius 1 is 1.23 bits per heavy atom. The van der Waals surface area contributed by atoms with Crippen molar-refractivity contribution in [1.82, 2.24) is 9.97 Å². The molecule has 1 aromatic carbocycles. The highest BCUT2D eigenvalue weighted by Crippen LogP contribution is 2.39. The summed E-state index contributed by atoms with van der Waals surface area (Å²) in [6, 6.07) is 3.34. The SMILES string of the molecule is Fc1cccc(N2CCc3cnc(Cl)nc3C2)c1C(F)(F)F. The van der Waals surface area contributed by atoms with Crippen LogP contribution in [-0.4, -0.2) is 16.5 Å². The second-order valence-corrected chi connectivity index (χ2v) is 5.25. The molecule has 0 N–H and O–H groups in total. The van der Waals surface area contributed by atoms with Crippen LogP contribution in [0.1, 0.15) is 16.8 Å². The average Bonchev–Trinajstić information content (AvgIpc) is 2.44. The van der Waals surface area contributed by atoms with Gasteiger partial charge in [-0.3, -0.25) is 0 Å². The Morgan fingerprint density at radius 2 is 2.00 bits per heavy atom. The van der Waals surface area contributed by atoms with Gasteiger partial charge < -0.3 is 4.90 Å². The molecule has 0 saturated heterocycles. The van der Waals surface area contributed by atoms with Crippen LogP contribution in [0.4, 0.5) is 23.2 Å². The third-order valence-corrected chi connectivity index (χ3v) is 3.71. The molecule has 0 atom stereocenters. The predicted octanol–water partition coefficient (Wildman–Crippen LogP) is 3.85. The van der Waals surface area contributed by atoms with E-state index >= 15 is 0 Å². The first-order valence-electron chi connectivity index (χ1n) is 6.47. The van der Waals surface area contributed by atoms with Gasteiger partial charge in [-0.05, 0) is 35.7 Å². The van der Waals surface area contributed by atoms with Gasteiger partial charge in [0.15, 0.2) is 0 Å². The van der Waals surface area contributed by atoms with Crippen LogP contribution in [0.3, 0.4) is 0 Å². The van der Waals surface area contributed by atoms with E-state index < -0.39 is 17.6 Å². The second kappa shape index (κ2) is 5.39. The Balaban J connectivity index is 2.02. The molecule has 0 bridgehead atoms. The number of fused-ring (bicyclic) bond motifs is 1. The molecule has 0 radical (unpaired) electrons. The Bertz CT molecular complexity index is 718. The van der Waals surface area contributed by atoms with Crippen molar-refractivity contribution in [2.24, 2.45) is 0 Å². The minimum absolute atomic E-state index is 0.0379. The molecule has 3 nitrogen and oxygen atoms in total. The van der Waals surface area contributed by atoms with Gasteiger partial charge in [-0.2, -0.15) is 13.2 Å². The highest BCUT2D eigenvalue weighted by atomic mass is 35.5. The lowest BCUT2D eigenvalue weighted by molar-refractivity contribution is -0.139. The molecule has 0 aliphatic carbocycles. The molecule has 3 rings (SSSR count). The fraction of sp³-hybridized carbons (Fsp3) is 0.286.